The molecule has 1 aromatic carbocycles. The summed E-state index contributed by atoms with van der Waals surface area (Å²) in [6, 6.07) is 4.48. The number of carbonyl (C=O) groups is 1. The minimum absolute atomic E-state index is 0.0887. The number of hydrogen-bond donors (Lipinski definition) is 1. The lowest BCUT2D eigenvalue weighted by Crippen LogP contribution is -2.36. The van der Waals surface area contributed by atoms with Gasteiger partial charge in [-0.3, -0.25) is 4.79 Å². The fraction of sp³-hybridized carbons (Fsp3) is 0.385. The van der Waals surface area contributed by atoms with Crippen molar-refractivity contribution in [2.24, 2.45) is 5.73 Å². The summed E-state index contributed by atoms with van der Waals surface area (Å²) in [5.74, 6) is -0.614. The molecule has 0 unspecified atom stereocenters. The van der Waals surface area contributed by atoms with Crippen LogP contribution in [-0.4, -0.2) is 43.9 Å². The summed E-state index contributed by atoms with van der Waals surface area (Å²) < 4.78 is 30.6. The molecular weight excluding hydrogens is 312 g/mol. The van der Waals surface area contributed by atoms with Gasteiger partial charge >= 0.3 is 5.97 Å². The fourth-order valence-electron chi connectivity index (χ4n) is 1.80. The van der Waals surface area contributed by atoms with Crippen LogP contribution in [0.4, 0.5) is 0 Å². The van der Waals surface area contributed by atoms with Gasteiger partial charge in [0.05, 0.1) is 12.0 Å². The van der Waals surface area contributed by atoms with Crippen molar-refractivity contribution in [3.05, 3.63) is 29.3 Å². The van der Waals surface area contributed by atoms with Crippen molar-refractivity contribution < 1.29 is 17.9 Å². The Morgan fingerprint density at radius 1 is 1.43 bits per heavy atom. The number of rotatable bonds is 6. The Hall–Kier alpha value is -1.51. The van der Waals surface area contributed by atoms with E-state index >= 15 is 0 Å². The minimum atomic E-state index is -3.77. The summed E-state index contributed by atoms with van der Waals surface area (Å²) in [6.07, 6.45) is 0. The number of carbonyl (C=O) groups excluding carboxylic acids is 1. The van der Waals surface area contributed by atoms with E-state index in [1.807, 2.05) is 0 Å². The first-order valence-electron chi connectivity index (χ1n) is 6.21. The van der Waals surface area contributed by atoms with Crippen LogP contribution in [0.3, 0.4) is 0 Å². The molecule has 0 aromatic heterocycles. The summed E-state index contributed by atoms with van der Waals surface area (Å²) in [6.45, 7) is 3.21. The Labute approximate surface area is 129 Å². The number of methoxy groups -OCH3 is 1. The van der Waals surface area contributed by atoms with E-state index in [2.05, 4.69) is 4.74 Å². The van der Waals surface area contributed by atoms with Crippen LogP contribution in [0.15, 0.2) is 23.1 Å². The van der Waals surface area contributed by atoms with Gasteiger partial charge in [-0.1, -0.05) is 25.2 Å². The smallest absolute Gasteiger partial charge is 0.321 e. The van der Waals surface area contributed by atoms with Gasteiger partial charge in [-0.05, 0) is 24.6 Å². The highest BCUT2D eigenvalue weighted by Gasteiger charge is 2.26. The van der Waals surface area contributed by atoms with Crippen LogP contribution in [-0.2, 0) is 19.6 Å². The molecule has 0 heterocycles. The maximum absolute atomic E-state index is 12.5. The van der Waals surface area contributed by atoms with Crippen molar-refractivity contribution in [1.82, 2.24) is 4.31 Å². The van der Waals surface area contributed by atoms with Crippen LogP contribution in [0, 0.1) is 6.92 Å². The van der Waals surface area contributed by atoms with Crippen molar-refractivity contribution in [2.75, 3.05) is 20.2 Å². The molecule has 1 rings (SSSR count). The second-order valence-corrected chi connectivity index (χ2v) is 6.73. The zero-order chi connectivity index (χ0) is 16.2. The fourth-order valence-corrected chi connectivity index (χ4v) is 3.51. The number of nitrogens with two attached hydrogens (primary N) is 1. The standard InChI is InChI=1S/C13H18N2O4S2/c1-4-15(8-12(16)19-3)21(17,18)10-5-6-11(13(14)20)9(2)7-10/h5-7H,4,8H2,1-3H3,(H2,14,20). The normalized spacial score (nSPS) is 11.4. The summed E-state index contributed by atoms with van der Waals surface area (Å²) in [5.41, 5.74) is 6.84. The van der Waals surface area contributed by atoms with E-state index < -0.39 is 16.0 Å². The maximum atomic E-state index is 12.5. The predicted molar refractivity (Wildman–Crippen MR) is 83.5 cm³/mol. The highest BCUT2D eigenvalue weighted by Crippen LogP contribution is 2.19. The number of aryl methyl sites for hydroxylation is 1. The molecule has 0 saturated carbocycles. The third-order valence-electron chi connectivity index (χ3n) is 2.99. The number of hydrogen-bond acceptors (Lipinski definition) is 5. The van der Waals surface area contributed by atoms with Crippen LogP contribution in [0.2, 0.25) is 0 Å². The first-order valence-corrected chi connectivity index (χ1v) is 8.06. The monoisotopic (exact) mass is 330 g/mol. The van der Waals surface area contributed by atoms with Crippen LogP contribution < -0.4 is 5.73 Å². The van der Waals surface area contributed by atoms with Crippen molar-refractivity contribution in [1.29, 1.82) is 0 Å². The molecule has 0 aliphatic heterocycles. The van der Waals surface area contributed by atoms with E-state index in [0.717, 1.165) is 4.31 Å². The van der Waals surface area contributed by atoms with Crippen molar-refractivity contribution in [3.63, 3.8) is 0 Å². The van der Waals surface area contributed by atoms with Crippen molar-refractivity contribution in [3.8, 4) is 0 Å². The van der Waals surface area contributed by atoms with Gasteiger partial charge in [-0.15, -0.1) is 0 Å². The van der Waals surface area contributed by atoms with Crippen LogP contribution >= 0.6 is 12.2 Å². The second-order valence-electron chi connectivity index (χ2n) is 4.35. The Kier molecular flexibility index (Phi) is 5.82. The lowest BCUT2D eigenvalue weighted by Gasteiger charge is -2.19. The molecule has 0 aliphatic rings. The number of sulfonamides is 1. The molecule has 8 heteroatoms. The molecule has 0 atom stereocenters. The van der Waals surface area contributed by atoms with Gasteiger partial charge in [0.1, 0.15) is 11.5 Å². The summed E-state index contributed by atoms with van der Waals surface area (Å²) in [7, 11) is -2.56. The number of thiocarbonyl (C=S) groups is 1. The molecular formula is C13H18N2O4S2. The number of ether oxygens (including phenoxy) is 1. The zero-order valence-corrected chi connectivity index (χ0v) is 13.8. The molecule has 116 valence electrons. The first-order chi connectivity index (χ1) is 9.73. The quantitative estimate of drug-likeness (QED) is 0.613. The summed E-state index contributed by atoms with van der Waals surface area (Å²) in [5, 5.41) is 0. The lowest BCUT2D eigenvalue weighted by molar-refractivity contribution is -0.140. The van der Waals surface area contributed by atoms with E-state index in [1.54, 1.807) is 19.9 Å². The minimum Gasteiger partial charge on any atom is -0.468 e. The molecule has 0 radical (unpaired) electrons. The third-order valence-corrected chi connectivity index (χ3v) is 5.12. The highest BCUT2D eigenvalue weighted by atomic mass is 32.2. The topological polar surface area (TPSA) is 89.7 Å². The highest BCUT2D eigenvalue weighted by molar-refractivity contribution is 7.89. The van der Waals surface area contributed by atoms with Gasteiger partial charge in [-0.25, -0.2) is 8.42 Å². The van der Waals surface area contributed by atoms with Gasteiger partial charge < -0.3 is 10.5 Å². The molecule has 0 aliphatic carbocycles. The Balaban J connectivity index is 3.20. The molecule has 1 aromatic rings. The third kappa shape index (κ3) is 3.99. The average Bonchev–Trinajstić information content (AvgIpc) is 2.43. The molecule has 0 spiro atoms. The van der Waals surface area contributed by atoms with Crippen molar-refractivity contribution in [2.45, 2.75) is 18.7 Å². The Bertz CT molecular complexity index is 656. The van der Waals surface area contributed by atoms with Crippen molar-refractivity contribution >= 4 is 33.2 Å². The van der Waals surface area contributed by atoms with E-state index in [9.17, 15) is 13.2 Å². The van der Waals surface area contributed by atoms with Gasteiger partial charge in [-0.2, -0.15) is 4.31 Å². The molecule has 6 nitrogen and oxygen atoms in total. The van der Waals surface area contributed by atoms with Crippen LogP contribution in [0.5, 0.6) is 0 Å². The summed E-state index contributed by atoms with van der Waals surface area (Å²) >= 11 is 4.89. The molecule has 0 bridgehead atoms. The van der Waals surface area contributed by atoms with E-state index in [-0.39, 0.29) is 23.0 Å². The number of nitrogens with zero attached hydrogens (tertiary/aromatic N) is 1. The van der Waals surface area contributed by atoms with Crippen LogP contribution in [0.25, 0.3) is 0 Å². The van der Waals surface area contributed by atoms with Gasteiger partial charge in [0, 0.05) is 12.1 Å². The second kappa shape index (κ2) is 6.97. The van der Waals surface area contributed by atoms with E-state index in [1.165, 1.54) is 19.2 Å². The van der Waals surface area contributed by atoms with Gasteiger partial charge in [0.15, 0.2) is 0 Å². The lowest BCUT2D eigenvalue weighted by atomic mass is 10.1. The van der Waals surface area contributed by atoms with Gasteiger partial charge in [0.2, 0.25) is 10.0 Å². The zero-order valence-electron chi connectivity index (χ0n) is 12.1. The molecule has 0 saturated heterocycles. The predicted octanol–water partition coefficient (Wildman–Crippen LogP) is 0.813. The molecule has 21 heavy (non-hydrogen) atoms. The Morgan fingerprint density at radius 2 is 2.05 bits per heavy atom. The maximum Gasteiger partial charge on any atom is 0.321 e. The molecule has 0 amide bonds. The average molecular weight is 330 g/mol. The van der Waals surface area contributed by atoms with E-state index in [0.29, 0.717) is 11.1 Å². The molecule has 0 fully saturated rings. The number of esters is 1. The SMILES string of the molecule is CCN(CC(=O)OC)S(=O)(=O)c1ccc(C(N)=S)c(C)c1. The van der Waals surface area contributed by atoms with E-state index in [4.69, 9.17) is 18.0 Å². The van der Waals surface area contributed by atoms with Crippen LogP contribution in [0.1, 0.15) is 18.1 Å². The number of benzene rings is 1. The summed E-state index contributed by atoms with van der Waals surface area (Å²) in [4.78, 5) is 11.6. The van der Waals surface area contributed by atoms with Gasteiger partial charge in [0.25, 0.3) is 0 Å². The molecule has 2 N–H and O–H groups in total. The number of likely N-dealkylation sites (N-methyl/N-ethyl adjacent to an activating group) is 1. The largest absolute Gasteiger partial charge is 0.468 e. The first kappa shape index (κ1) is 17.5. The Morgan fingerprint density at radius 3 is 2.48 bits per heavy atom.